The summed E-state index contributed by atoms with van der Waals surface area (Å²) in [5.41, 5.74) is 6.16. The maximum Gasteiger partial charge on any atom is 0.271 e. The molecule has 19 heavy (non-hydrogen) atoms. The molecule has 1 aromatic rings. The average molecular weight is 263 g/mol. The van der Waals surface area contributed by atoms with Crippen LogP contribution in [-0.4, -0.2) is 42.3 Å². The molecule has 0 spiro atoms. The van der Waals surface area contributed by atoms with E-state index in [1.165, 1.54) is 12.8 Å². The molecule has 1 fully saturated rings. The standard InChI is InChI=1S/C13H21N5O/c1-3-15-13(19)10-6-7-12(17-16-10)18(2)11(8-14)9-4-5-9/h6-7,9,11H,3-5,8,14H2,1-2H3,(H,15,19). The lowest BCUT2D eigenvalue weighted by molar-refractivity contribution is 0.0950. The number of aromatic nitrogens is 2. The Hall–Kier alpha value is -1.69. The molecule has 0 aliphatic heterocycles. The number of hydrogen-bond acceptors (Lipinski definition) is 5. The molecule has 1 aliphatic carbocycles. The van der Waals surface area contributed by atoms with Crippen molar-refractivity contribution in [2.45, 2.75) is 25.8 Å². The molecule has 1 saturated carbocycles. The zero-order valence-corrected chi connectivity index (χ0v) is 11.5. The van der Waals surface area contributed by atoms with Gasteiger partial charge >= 0.3 is 0 Å². The van der Waals surface area contributed by atoms with Gasteiger partial charge in [-0.1, -0.05) is 0 Å². The minimum atomic E-state index is -0.193. The highest BCUT2D eigenvalue weighted by atomic mass is 16.1. The second-order valence-electron chi connectivity index (χ2n) is 4.89. The number of anilines is 1. The highest BCUT2D eigenvalue weighted by Gasteiger charge is 2.33. The van der Waals surface area contributed by atoms with Gasteiger partial charge in [-0.15, -0.1) is 10.2 Å². The van der Waals surface area contributed by atoms with Crippen molar-refractivity contribution < 1.29 is 4.79 Å². The van der Waals surface area contributed by atoms with Crippen LogP contribution in [0.5, 0.6) is 0 Å². The van der Waals surface area contributed by atoms with Crippen LogP contribution in [0.1, 0.15) is 30.3 Å². The van der Waals surface area contributed by atoms with E-state index < -0.39 is 0 Å². The monoisotopic (exact) mass is 263 g/mol. The Labute approximate surface area is 113 Å². The third kappa shape index (κ3) is 3.20. The fourth-order valence-electron chi connectivity index (χ4n) is 2.20. The van der Waals surface area contributed by atoms with Gasteiger partial charge in [0.05, 0.1) is 0 Å². The summed E-state index contributed by atoms with van der Waals surface area (Å²) in [6, 6.07) is 3.83. The van der Waals surface area contributed by atoms with Crippen molar-refractivity contribution in [3.8, 4) is 0 Å². The Kier molecular flexibility index (Phi) is 4.31. The summed E-state index contributed by atoms with van der Waals surface area (Å²) in [7, 11) is 1.98. The summed E-state index contributed by atoms with van der Waals surface area (Å²) in [5.74, 6) is 1.23. The van der Waals surface area contributed by atoms with E-state index in [4.69, 9.17) is 5.73 Å². The zero-order valence-electron chi connectivity index (χ0n) is 11.5. The van der Waals surface area contributed by atoms with Crippen LogP contribution in [0.3, 0.4) is 0 Å². The Bertz CT molecular complexity index is 429. The summed E-state index contributed by atoms with van der Waals surface area (Å²) in [6.45, 7) is 3.06. The molecule has 0 saturated heterocycles. The van der Waals surface area contributed by atoms with Gasteiger partial charge in [0.2, 0.25) is 0 Å². The van der Waals surface area contributed by atoms with E-state index in [1.54, 1.807) is 6.07 Å². The van der Waals surface area contributed by atoms with Crippen LogP contribution in [0, 0.1) is 5.92 Å². The molecule has 1 amide bonds. The Morgan fingerprint density at radius 3 is 2.74 bits per heavy atom. The smallest absolute Gasteiger partial charge is 0.271 e. The maximum atomic E-state index is 11.6. The van der Waals surface area contributed by atoms with Gasteiger partial charge in [-0.25, -0.2) is 0 Å². The molecule has 0 radical (unpaired) electrons. The minimum Gasteiger partial charge on any atom is -0.354 e. The number of nitrogens with two attached hydrogens (primary N) is 1. The molecule has 6 nitrogen and oxygen atoms in total. The predicted octanol–water partition coefficient (Wildman–Crippen LogP) is 0.400. The summed E-state index contributed by atoms with van der Waals surface area (Å²) in [5, 5.41) is 10.8. The third-order valence-electron chi connectivity index (χ3n) is 3.49. The van der Waals surface area contributed by atoms with Gasteiger partial charge in [0, 0.05) is 26.2 Å². The first-order valence-electron chi connectivity index (χ1n) is 6.72. The van der Waals surface area contributed by atoms with Crippen LogP contribution in [-0.2, 0) is 0 Å². The molecular formula is C13H21N5O. The topological polar surface area (TPSA) is 84.1 Å². The van der Waals surface area contributed by atoms with Crippen molar-refractivity contribution >= 4 is 11.7 Å². The van der Waals surface area contributed by atoms with Crippen LogP contribution >= 0.6 is 0 Å². The number of carbonyl (C=O) groups is 1. The molecular weight excluding hydrogens is 242 g/mol. The molecule has 0 bridgehead atoms. The first-order chi connectivity index (χ1) is 9.17. The van der Waals surface area contributed by atoms with Gasteiger partial charge in [0.25, 0.3) is 5.91 Å². The van der Waals surface area contributed by atoms with E-state index in [0.29, 0.717) is 30.7 Å². The number of nitrogens with zero attached hydrogens (tertiary/aromatic N) is 3. The lowest BCUT2D eigenvalue weighted by Gasteiger charge is -2.27. The van der Waals surface area contributed by atoms with E-state index in [1.807, 2.05) is 20.0 Å². The van der Waals surface area contributed by atoms with Crippen molar-refractivity contribution in [2.75, 3.05) is 25.0 Å². The predicted molar refractivity (Wildman–Crippen MR) is 74.0 cm³/mol. The second-order valence-corrected chi connectivity index (χ2v) is 4.89. The molecule has 2 rings (SSSR count). The second kappa shape index (κ2) is 5.97. The minimum absolute atomic E-state index is 0.193. The highest BCUT2D eigenvalue weighted by molar-refractivity contribution is 5.92. The van der Waals surface area contributed by atoms with Gasteiger partial charge in [-0.3, -0.25) is 4.79 Å². The first-order valence-corrected chi connectivity index (χ1v) is 6.72. The zero-order chi connectivity index (χ0) is 13.8. The average Bonchev–Trinajstić information content (AvgIpc) is 3.24. The lowest BCUT2D eigenvalue weighted by atomic mass is 10.1. The third-order valence-corrected chi connectivity index (χ3v) is 3.49. The van der Waals surface area contributed by atoms with E-state index in [0.717, 1.165) is 5.82 Å². The van der Waals surface area contributed by atoms with Gasteiger partial charge < -0.3 is 16.0 Å². The molecule has 0 aromatic carbocycles. The van der Waals surface area contributed by atoms with Crippen LogP contribution in [0.25, 0.3) is 0 Å². The molecule has 1 unspecified atom stereocenters. The van der Waals surface area contributed by atoms with Crippen LogP contribution in [0.2, 0.25) is 0 Å². The van der Waals surface area contributed by atoms with Crippen LogP contribution in [0.15, 0.2) is 12.1 Å². The molecule has 3 N–H and O–H groups in total. The number of nitrogens with one attached hydrogen (secondary N) is 1. The number of carbonyl (C=O) groups excluding carboxylic acids is 1. The van der Waals surface area contributed by atoms with Crippen LogP contribution in [0.4, 0.5) is 5.82 Å². The molecule has 1 aliphatic rings. The molecule has 104 valence electrons. The SMILES string of the molecule is CCNC(=O)c1ccc(N(C)C(CN)C2CC2)nn1. The van der Waals surface area contributed by atoms with Crippen molar-refractivity contribution in [3.63, 3.8) is 0 Å². The number of hydrogen-bond donors (Lipinski definition) is 2. The summed E-state index contributed by atoms with van der Waals surface area (Å²) in [4.78, 5) is 13.6. The van der Waals surface area contributed by atoms with E-state index >= 15 is 0 Å². The van der Waals surface area contributed by atoms with Crippen molar-refractivity contribution in [1.29, 1.82) is 0 Å². The Morgan fingerprint density at radius 2 is 2.26 bits per heavy atom. The quantitative estimate of drug-likeness (QED) is 0.776. The molecule has 6 heteroatoms. The number of likely N-dealkylation sites (N-methyl/N-ethyl adjacent to an activating group) is 1. The van der Waals surface area contributed by atoms with Crippen LogP contribution < -0.4 is 16.0 Å². The van der Waals surface area contributed by atoms with Crippen molar-refractivity contribution in [1.82, 2.24) is 15.5 Å². The van der Waals surface area contributed by atoms with Gasteiger partial charge in [-0.05, 0) is 37.8 Å². The van der Waals surface area contributed by atoms with Crippen molar-refractivity contribution in [3.05, 3.63) is 17.8 Å². The first kappa shape index (κ1) is 13.7. The molecule has 1 heterocycles. The maximum absolute atomic E-state index is 11.6. The van der Waals surface area contributed by atoms with E-state index in [-0.39, 0.29) is 5.91 Å². The van der Waals surface area contributed by atoms with Gasteiger partial charge in [0.15, 0.2) is 11.5 Å². The molecule has 1 aromatic heterocycles. The number of rotatable bonds is 6. The van der Waals surface area contributed by atoms with Gasteiger partial charge in [-0.2, -0.15) is 0 Å². The fraction of sp³-hybridized carbons (Fsp3) is 0.615. The largest absolute Gasteiger partial charge is 0.354 e. The normalized spacial score (nSPS) is 15.9. The van der Waals surface area contributed by atoms with E-state index in [2.05, 4.69) is 20.4 Å². The summed E-state index contributed by atoms with van der Waals surface area (Å²) < 4.78 is 0. The summed E-state index contributed by atoms with van der Waals surface area (Å²) in [6.07, 6.45) is 2.47. The Morgan fingerprint density at radius 1 is 1.53 bits per heavy atom. The Balaban J connectivity index is 2.06. The highest BCUT2D eigenvalue weighted by Crippen LogP contribution is 2.35. The van der Waals surface area contributed by atoms with E-state index in [9.17, 15) is 4.79 Å². The lowest BCUT2D eigenvalue weighted by Crippen LogP contribution is -2.40. The van der Waals surface area contributed by atoms with Crippen molar-refractivity contribution in [2.24, 2.45) is 11.7 Å². The molecule has 1 atom stereocenters. The fourth-order valence-corrected chi connectivity index (χ4v) is 2.20. The summed E-state index contributed by atoms with van der Waals surface area (Å²) >= 11 is 0. The number of amides is 1. The van der Waals surface area contributed by atoms with Gasteiger partial charge in [0.1, 0.15) is 0 Å².